The van der Waals surface area contributed by atoms with Gasteiger partial charge >= 0.3 is 5.63 Å². The maximum Gasteiger partial charge on any atom is 0.344 e. The Morgan fingerprint density at radius 2 is 1.62 bits per heavy atom. The molecule has 1 N–H and O–H groups in total. The Morgan fingerprint density at radius 1 is 0.966 bits per heavy atom. The molecule has 0 amide bonds. The van der Waals surface area contributed by atoms with Crippen LogP contribution in [0, 0.1) is 5.92 Å². The summed E-state index contributed by atoms with van der Waals surface area (Å²) in [7, 11) is 0. The molecule has 4 rings (SSSR count). The number of hydrogen-bond acceptors (Lipinski definition) is 4. The SMILES string of the molecule is O=c1oc(-c2ccccc2)cc(O)c1C(CC1CCCCC1)Sc1ccccc1. The van der Waals surface area contributed by atoms with E-state index in [0.29, 0.717) is 17.2 Å². The van der Waals surface area contributed by atoms with Gasteiger partial charge in [-0.2, -0.15) is 0 Å². The molecule has 150 valence electrons. The van der Waals surface area contributed by atoms with E-state index in [1.807, 2.05) is 48.5 Å². The average Bonchev–Trinajstić information content (AvgIpc) is 2.75. The van der Waals surface area contributed by atoms with Gasteiger partial charge in [-0.3, -0.25) is 0 Å². The summed E-state index contributed by atoms with van der Waals surface area (Å²) in [4.78, 5) is 14.1. The molecule has 1 aliphatic rings. The monoisotopic (exact) mass is 406 g/mol. The number of aromatic hydroxyl groups is 1. The molecular formula is C25H26O3S. The van der Waals surface area contributed by atoms with Crippen LogP contribution in [0.5, 0.6) is 5.75 Å². The lowest BCUT2D eigenvalue weighted by molar-refractivity contribution is 0.333. The van der Waals surface area contributed by atoms with E-state index in [-0.39, 0.29) is 11.0 Å². The van der Waals surface area contributed by atoms with Crippen LogP contribution in [-0.4, -0.2) is 5.11 Å². The minimum absolute atomic E-state index is 0.0318. The highest BCUT2D eigenvalue weighted by atomic mass is 32.2. The van der Waals surface area contributed by atoms with Gasteiger partial charge < -0.3 is 9.52 Å². The molecule has 4 heteroatoms. The van der Waals surface area contributed by atoms with Gasteiger partial charge in [0.2, 0.25) is 0 Å². The van der Waals surface area contributed by atoms with Crippen molar-refractivity contribution in [3.63, 3.8) is 0 Å². The lowest BCUT2D eigenvalue weighted by atomic mass is 9.85. The molecule has 1 aliphatic carbocycles. The molecule has 1 saturated carbocycles. The van der Waals surface area contributed by atoms with Crippen LogP contribution in [0.3, 0.4) is 0 Å². The predicted octanol–water partition coefficient (Wildman–Crippen LogP) is 6.82. The van der Waals surface area contributed by atoms with E-state index in [1.165, 1.54) is 32.1 Å². The van der Waals surface area contributed by atoms with Gasteiger partial charge in [0.15, 0.2) is 0 Å². The third kappa shape index (κ3) is 4.94. The molecule has 2 aromatic carbocycles. The Hall–Kier alpha value is -2.46. The molecule has 1 fully saturated rings. The van der Waals surface area contributed by atoms with Gasteiger partial charge in [-0.25, -0.2) is 4.79 Å². The zero-order valence-corrected chi connectivity index (χ0v) is 17.2. The summed E-state index contributed by atoms with van der Waals surface area (Å²) in [5.74, 6) is 1.01. The summed E-state index contributed by atoms with van der Waals surface area (Å²) < 4.78 is 5.65. The van der Waals surface area contributed by atoms with E-state index in [1.54, 1.807) is 17.8 Å². The van der Waals surface area contributed by atoms with Crippen molar-refractivity contribution in [2.45, 2.75) is 48.7 Å². The highest BCUT2D eigenvalue weighted by molar-refractivity contribution is 7.99. The fourth-order valence-electron chi connectivity index (χ4n) is 4.15. The largest absolute Gasteiger partial charge is 0.507 e. The highest BCUT2D eigenvalue weighted by Crippen LogP contribution is 2.44. The zero-order valence-electron chi connectivity index (χ0n) is 16.4. The molecule has 1 aromatic heterocycles. The van der Waals surface area contributed by atoms with Gasteiger partial charge in [0.25, 0.3) is 0 Å². The van der Waals surface area contributed by atoms with Crippen molar-refractivity contribution < 1.29 is 9.52 Å². The van der Waals surface area contributed by atoms with Crippen LogP contribution in [-0.2, 0) is 0 Å². The van der Waals surface area contributed by atoms with Crippen LogP contribution in [0.25, 0.3) is 11.3 Å². The summed E-state index contributed by atoms with van der Waals surface area (Å²) in [5.41, 5.74) is 0.739. The second-order valence-electron chi connectivity index (χ2n) is 7.72. The fourth-order valence-corrected chi connectivity index (χ4v) is 5.49. The summed E-state index contributed by atoms with van der Waals surface area (Å²) >= 11 is 1.65. The maximum atomic E-state index is 13.0. The summed E-state index contributed by atoms with van der Waals surface area (Å²) in [5, 5.41) is 10.7. The van der Waals surface area contributed by atoms with E-state index >= 15 is 0 Å². The first-order chi connectivity index (χ1) is 14.2. The third-order valence-corrected chi connectivity index (χ3v) is 6.90. The first kappa shape index (κ1) is 19.8. The molecule has 0 radical (unpaired) electrons. The number of benzene rings is 2. The molecule has 0 aliphatic heterocycles. The lowest BCUT2D eigenvalue weighted by Crippen LogP contribution is -2.16. The van der Waals surface area contributed by atoms with Gasteiger partial charge in [0.1, 0.15) is 11.5 Å². The van der Waals surface area contributed by atoms with E-state index in [9.17, 15) is 9.90 Å². The number of thioether (sulfide) groups is 1. The zero-order chi connectivity index (χ0) is 20.1. The Balaban J connectivity index is 1.68. The van der Waals surface area contributed by atoms with E-state index in [4.69, 9.17) is 4.42 Å². The van der Waals surface area contributed by atoms with Crippen molar-refractivity contribution in [1.29, 1.82) is 0 Å². The molecule has 0 spiro atoms. The van der Waals surface area contributed by atoms with Gasteiger partial charge in [-0.15, -0.1) is 11.8 Å². The van der Waals surface area contributed by atoms with E-state index < -0.39 is 5.63 Å². The molecule has 29 heavy (non-hydrogen) atoms. The Labute approximate surface area is 175 Å². The van der Waals surface area contributed by atoms with Crippen molar-refractivity contribution in [3.05, 3.63) is 82.7 Å². The van der Waals surface area contributed by atoms with Crippen molar-refractivity contribution in [2.24, 2.45) is 5.92 Å². The number of hydrogen-bond donors (Lipinski definition) is 1. The molecule has 1 atom stereocenters. The molecule has 0 bridgehead atoms. The van der Waals surface area contributed by atoms with E-state index in [2.05, 4.69) is 12.1 Å². The van der Waals surface area contributed by atoms with Gasteiger partial charge in [-0.05, 0) is 24.5 Å². The molecular weight excluding hydrogens is 380 g/mol. The van der Waals surface area contributed by atoms with E-state index in [0.717, 1.165) is 16.9 Å². The van der Waals surface area contributed by atoms with Crippen LogP contribution < -0.4 is 5.63 Å². The van der Waals surface area contributed by atoms with Gasteiger partial charge in [-0.1, -0.05) is 80.6 Å². The Morgan fingerprint density at radius 3 is 2.28 bits per heavy atom. The molecule has 1 heterocycles. The highest BCUT2D eigenvalue weighted by Gasteiger charge is 2.27. The van der Waals surface area contributed by atoms with Crippen molar-refractivity contribution in [2.75, 3.05) is 0 Å². The minimum Gasteiger partial charge on any atom is -0.507 e. The van der Waals surface area contributed by atoms with Crippen LogP contribution in [0.15, 0.2) is 80.8 Å². The maximum absolute atomic E-state index is 13.0. The first-order valence-electron chi connectivity index (χ1n) is 10.3. The van der Waals surface area contributed by atoms with Crippen molar-refractivity contribution in [1.82, 2.24) is 0 Å². The molecule has 0 saturated heterocycles. The van der Waals surface area contributed by atoms with Crippen LogP contribution >= 0.6 is 11.8 Å². The fraction of sp³-hybridized carbons (Fsp3) is 0.320. The second-order valence-corrected chi connectivity index (χ2v) is 9.00. The van der Waals surface area contributed by atoms with Crippen LogP contribution in [0.4, 0.5) is 0 Å². The summed E-state index contributed by atoms with van der Waals surface area (Å²) in [6, 6.07) is 21.1. The minimum atomic E-state index is -0.437. The van der Waals surface area contributed by atoms with Crippen LogP contribution in [0.2, 0.25) is 0 Å². The van der Waals surface area contributed by atoms with Crippen LogP contribution in [0.1, 0.15) is 49.3 Å². The predicted molar refractivity (Wildman–Crippen MR) is 118 cm³/mol. The second kappa shape index (κ2) is 9.36. The van der Waals surface area contributed by atoms with Gasteiger partial charge in [0, 0.05) is 21.8 Å². The summed E-state index contributed by atoms with van der Waals surface area (Å²) in [6.45, 7) is 0. The standard InChI is InChI=1S/C25H26O3S/c26-21-17-22(19-12-6-2-7-13-19)28-25(27)24(21)23(16-18-10-4-1-5-11-18)29-20-14-8-3-9-15-20/h2-3,6-9,12-15,17-18,23,26H,1,4-5,10-11,16H2. The lowest BCUT2D eigenvalue weighted by Gasteiger charge is -2.26. The molecule has 3 aromatic rings. The quantitative estimate of drug-likeness (QED) is 0.457. The van der Waals surface area contributed by atoms with Gasteiger partial charge in [0.05, 0.1) is 5.56 Å². The third-order valence-electron chi connectivity index (χ3n) is 5.64. The molecule has 3 nitrogen and oxygen atoms in total. The average molecular weight is 407 g/mol. The molecule has 1 unspecified atom stereocenters. The number of rotatable bonds is 6. The Bertz CT molecular complexity index is 976. The first-order valence-corrected chi connectivity index (χ1v) is 11.2. The normalized spacial score (nSPS) is 15.9. The smallest absolute Gasteiger partial charge is 0.344 e. The van der Waals surface area contributed by atoms with Crippen molar-refractivity contribution in [3.8, 4) is 17.1 Å². The Kier molecular flexibility index (Phi) is 6.40. The van der Waals surface area contributed by atoms with Crippen molar-refractivity contribution >= 4 is 11.8 Å². The topological polar surface area (TPSA) is 50.4 Å². The summed E-state index contributed by atoms with van der Waals surface area (Å²) in [6.07, 6.45) is 7.07.